The molecule has 0 radical (unpaired) electrons. The zero-order valence-electron chi connectivity index (χ0n) is 20.3. The Morgan fingerprint density at radius 2 is 1.70 bits per heavy atom. The summed E-state index contributed by atoms with van der Waals surface area (Å²) >= 11 is 7.44. The number of anilines is 2. The molecule has 1 aliphatic heterocycles. The highest BCUT2D eigenvalue weighted by Crippen LogP contribution is 2.23. The Morgan fingerprint density at radius 1 is 0.946 bits per heavy atom. The highest BCUT2D eigenvalue weighted by Gasteiger charge is 2.25. The quantitative estimate of drug-likeness (QED) is 0.307. The van der Waals surface area contributed by atoms with Crippen LogP contribution >= 0.6 is 23.1 Å². The van der Waals surface area contributed by atoms with Gasteiger partial charge in [-0.3, -0.25) is 4.79 Å². The van der Waals surface area contributed by atoms with Gasteiger partial charge in [0.15, 0.2) is 0 Å². The summed E-state index contributed by atoms with van der Waals surface area (Å²) in [4.78, 5) is 24.3. The van der Waals surface area contributed by atoms with Gasteiger partial charge in [0.2, 0.25) is 11.0 Å². The lowest BCUT2D eigenvalue weighted by Crippen LogP contribution is -2.51. The maximum absolute atomic E-state index is 13.4. The summed E-state index contributed by atoms with van der Waals surface area (Å²) in [6.07, 6.45) is 0.509. The van der Waals surface area contributed by atoms with Gasteiger partial charge in [0.05, 0.1) is 6.54 Å². The van der Waals surface area contributed by atoms with Crippen molar-refractivity contribution in [3.05, 3.63) is 107 Å². The fourth-order valence-corrected chi connectivity index (χ4v) is 5.24. The van der Waals surface area contributed by atoms with E-state index in [0.29, 0.717) is 42.0 Å². The van der Waals surface area contributed by atoms with Gasteiger partial charge >= 0.3 is 0 Å². The molecule has 1 fully saturated rings. The second-order valence-electron chi connectivity index (χ2n) is 8.99. The van der Waals surface area contributed by atoms with Crippen LogP contribution in [0.3, 0.4) is 0 Å². The smallest absolute Gasteiger partial charge is 0.242 e. The van der Waals surface area contributed by atoms with Gasteiger partial charge in [-0.15, -0.1) is 0 Å². The highest BCUT2D eigenvalue weighted by molar-refractivity contribution is 7.09. The lowest BCUT2D eigenvalue weighted by atomic mass is 10.1. The van der Waals surface area contributed by atoms with E-state index in [9.17, 15) is 9.18 Å². The van der Waals surface area contributed by atoms with Crippen molar-refractivity contribution in [1.29, 1.82) is 0 Å². The molecule has 1 aromatic heterocycles. The third-order valence-corrected chi connectivity index (χ3v) is 7.40. The lowest BCUT2D eigenvalue weighted by molar-refractivity contribution is -0.130. The van der Waals surface area contributed by atoms with Crippen molar-refractivity contribution in [2.24, 2.45) is 0 Å². The number of hydrogen-bond acceptors (Lipinski definition) is 6. The molecule has 3 aromatic carbocycles. The van der Waals surface area contributed by atoms with Gasteiger partial charge in [0.25, 0.3) is 0 Å². The van der Waals surface area contributed by atoms with Crippen molar-refractivity contribution >= 4 is 39.9 Å². The summed E-state index contributed by atoms with van der Waals surface area (Å²) in [6, 6.07) is 24.2. The van der Waals surface area contributed by atoms with Crippen molar-refractivity contribution in [2.75, 3.05) is 42.5 Å². The van der Waals surface area contributed by atoms with Crippen molar-refractivity contribution in [3.8, 4) is 0 Å². The van der Waals surface area contributed by atoms with E-state index in [1.807, 2.05) is 64.4 Å². The topological polar surface area (TPSA) is 52.6 Å². The van der Waals surface area contributed by atoms with E-state index in [4.69, 9.17) is 16.6 Å². The summed E-state index contributed by atoms with van der Waals surface area (Å²) in [5, 5.41) is 1.41. The average molecular weight is 536 g/mol. The molecule has 1 aliphatic rings. The Bertz CT molecular complexity index is 1330. The number of nitrogens with zero attached hydrogens (tertiary/aromatic N) is 5. The Hall–Kier alpha value is -3.49. The predicted octanol–water partition coefficient (Wildman–Crippen LogP) is 5.28. The molecule has 2 heterocycles. The first kappa shape index (κ1) is 25.2. The fourth-order valence-electron chi connectivity index (χ4n) is 4.37. The van der Waals surface area contributed by atoms with Crippen LogP contribution in [0.2, 0.25) is 5.02 Å². The van der Waals surface area contributed by atoms with Crippen LogP contribution in [0.15, 0.2) is 78.9 Å². The van der Waals surface area contributed by atoms with Crippen molar-refractivity contribution in [1.82, 2.24) is 14.3 Å². The van der Waals surface area contributed by atoms with Gasteiger partial charge < -0.3 is 14.7 Å². The van der Waals surface area contributed by atoms with E-state index in [1.54, 1.807) is 12.1 Å². The molecular weight excluding hydrogens is 509 g/mol. The Balaban J connectivity index is 1.26. The molecule has 0 atom stereocenters. The number of benzene rings is 3. The van der Waals surface area contributed by atoms with Crippen molar-refractivity contribution in [2.45, 2.75) is 13.0 Å². The van der Waals surface area contributed by atoms with E-state index >= 15 is 0 Å². The zero-order valence-corrected chi connectivity index (χ0v) is 21.8. The Labute approximate surface area is 225 Å². The lowest BCUT2D eigenvalue weighted by Gasteiger charge is -2.37. The molecule has 0 saturated carbocycles. The molecule has 190 valence electrons. The Kier molecular flexibility index (Phi) is 7.96. The second-order valence-corrected chi connectivity index (χ2v) is 10.2. The molecule has 0 aliphatic carbocycles. The number of aromatic nitrogens is 2. The van der Waals surface area contributed by atoms with Crippen LogP contribution in [0, 0.1) is 5.82 Å². The number of hydrogen-bond donors (Lipinski definition) is 0. The molecule has 5 rings (SSSR count). The van der Waals surface area contributed by atoms with E-state index in [2.05, 4.69) is 9.27 Å². The third-order valence-electron chi connectivity index (χ3n) is 6.35. The number of amides is 1. The van der Waals surface area contributed by atoms with E-state index in [-0.39, 0.29) is 18.3 Å². The van der Waals surface area contributed by atoms with Crippen LogP contribution in [-0.4, -0.2) is 52.9 Å². The van der Waals surface area contributed by atoms with Gasteiger partial charge in [0, 0.05) is 61.4 Å². The summed E-state index contributed by atoms with van der Waals surface area (Å²) < 4.78 is 17.8. The molecule has 6 nitrogen and oxygen atoms in total. The molecule has 4 aromatic rings. The fraction of sp³-hybridized carbons (Fsp3) is 0.250. The summed E-state index contributed by atoms with van der Waals surface area (Å²) in [5.74, 6) is 0.459. The molecule has 37 heavy (non-hydrogen) atoms. The maximum Gasteiger partial charge on any atom is 0.242 e. The van der Waals surface area contributed by atoms with Gasteiger partial charge in [-0.2, -0.15) is 4.37 Å². The number of piperazine rings is 1. The molecule has 0 N–H and O–H groups in total. The third kappa shape index (κ3) is 6.64. The van der Waals surface area contributed by atoms with Crippen LogP contribution in [0.5, 0.6) is 0 Å². The van der Waals surface area contributed by atoms with Crippen LogP contribution in [0.25, 0.3) is 0 Å². The van der Waals surface area contributed by atoms with E-state index in [1.165, 1.54) is 23.7 Å². The van der Waals surface area contributed by atoms with E-state index < -0.39 is 0 Å². The van der Waals surface area contributed by atoms with Crippen LogP contribution < -0.4 is 9.80 Å². The summed E-state index contributed by atoms with van der Waals surface area (Å²) in [6.45, 7) is 3.58. The maximum atomic E-state index is 13.4. The van der Waals surface area contributed by atoms with Gasteiger partial charge in [-0.25, -0.2) is 9.37 Å². The molecule has 0 unspecified atom stereocenters. The minimum atomic E-state index is -0.267. The summed E-state index contributed by atoms with van der Waals surface area (Å²) in [5.41, 5.74) is 3.11. The highest BCUT2D eigenvalue weighted by atomic mass is 35.5. The second kappa shape index (κ2) is 11.7. The number of rotatable bonds is 8. The molecule has 1 saturated heterocycles. The minimum absolute atomic E-state index is 0.0666. The molecule has 0 spiro atoms. The van der Waals surface area contributed by atoms with Gasteiger partial charge in [-0.1, -0.05) is 60.1 Å². The normalized spacial score (nSPS) is 13.6. The van der Waals surface area contributed by atoms with Crippen LogP contribution in [-0.2, 0) is 17.8 Å². The largest absolute Gasteiger partial charge is 0.368 e. The van der Waals surface area contributed by atoms with Crippen molar-refractivity contribution < 1.29 is 9.18 Å². The van der Waals surface area contributed by atoms with Crippen LogP contribution in [0.1, 0.15) is 17.0 Å². The molecular formula is C28H27ClFN5OS. The number of carbonyl (C=O) groups is 1. The van der Waals surface area contributed by atoms with E-state index in [0.717, 1.165) is 29.9 Å². The SMILES string of the molecule is O=C(CN(Cc1ccccc1)c1nc(Cc2ccc(F)cc2)ns1)N1CCN(c2cccc(Cl)c2)CC1. The zero-order chi connectivity index (χ0) is 25.6. The van der Waals surface area contributed by atoms with Gasteiger partial charge in [-0.05, 0) is 41.5 Å². The Morgan fingerprint density at radius 3 is 2.43 bits per heavy atom. The molecule has 0 bridgehead atoms. The first-order chi connectivity index (χ1) is 18.0. The number of halogens is 2. The minimum Gasteiger partial charge on any atom is -0.368 e. The monoisotopic (exact) mass is 535 g/mol. The first-order valence-electron chi connectivity index (χ1n) is 12.2. The summed E-state index contributed by atoms with van der Waals surface area (Å²) in [7, 11) is 0. The molecule has 9 heteroatoms. The number of carbonyl (C=O) groups excluding carboxylic acids is 1. The first-order valence-corrected chi connectivity index (χ1v) is 13.3. The van der Waals surface area contributed by atoms with Crippen LogP contribution in [0.4, 0.5) is 15.2 Å². The predicted molar refractivity (Wildman–Crippen MR) is 147 cm³/mol. The molecule has 1 amide bonds. The van der Waals surface area contributed by atoms with Gasteiger partial charge in [0.1, 0.15) is 11.6 Å². The standard InChI is InChI=1S/C28H27ClFN5OS/c29-23-7-4-8-25(18-23)33-13-15-34(16-14-33)27(36)20-35(19-22-5-2-1-3-6-22)28-31-26(32-37-28)17-21-9-11-24(30)12-10-21/h1-12,18H,13-17,19-20H2. The average Bonchev–Trinajstić information content (AvgIpc) is 3.39. The van der Waals surface area contributed by atoms with Crippen molar-refractivity contribution in [3.63, 3.8) is 0 Å².